The zero-order chi connectivity index (χ0) is 18.1. The number of hydrogen-bond acceptors (Lipinski definition) is 4. The number of carbonyl (C=O) groups is 2. The fraction of sp³-hybridized carbons (Fsp3) is 0.190. The summed E-state index contributed by atoms with van der Waals surface area (Å²) in [5.74, 6) is -0.0299. The molecule has 0 aliphatic carbocycles. The molecule has 130 valence electrons. The van der Waals surface area contributed by atoms with Crippen LogP contribution in [-0.4, -0.2) is 24.3 Å². The third kappa shape index (κ3) is 3.16. The number of anilines is 1. The van der Waals surface area contributed by atoms with E-state index in [0.717, 1.165) is 29.8 Å². The Morgan fingerprint density at radius 3 is 2.42 bits per heavy atom. The number of hydrogen-bond donors (Lipinski definition) is 0. The Morgan fingerprint density at radius 1 is 1.04 bits per heavy atom. The summed E-state index contributed by atoms with van der Waals surface area (Å²) >= 11 is 0. The SMILES string of the molecule is Cc1ccc(/C=C2\N=C(c3ccc(N4CCCC4=O)cc3)OC2=O)cc1. The summed E-state index contributed by atoms with van der Waals surface area (Å²) in [4.78, 5) is 30.0. The molecule has 0 radical (unpaired) electrons. The highest BCUT2D eigenvalue weighted by Crippen LogP contribution is 2.24. The van der Waals surface area contributed by atoms with Crippen molar-refractivity contribution in [3.05, 3.63) is 70.9 Å². The lowest BCUT2D eigenvalue weighted by Gasteiger charge is -2.15. The first-order valence-corrected chi connectivity index (χ1v) is 8.60. The summed E-state index contributed by atoms with van der Waals surface area (Å²) < 4.78 is 5.30. The first kappa shape index (κ1) is 16.3. The molecule has 5 heteroatoms. The van der Waals surface area contributed by atoms with E-state index in [1.54, 1.807) is 11.0 Å². The van der Waals surface area contributed by atoms with Crippen LogP contribution in [0.5, 0.6) is 0 Å². The van der Waals surface area contributed by atoms with E-state index in [0.29, 0.717) is 12.0 Å². The molecule has 0 unspecified atom stereocenters. The molecule has 1 saturated heterocycles. The van der Waals surface area contributed by atoms with E-state index in [2.05, 4.69) is 4.99 Å². The Kier molecular flexibility index (Phi) is 4.13. The average Bonchev–Trinajstić information content (AvgIpc) is 3.23. The van der Waals surface area contributed by atoms with Gasteiger partial charge in [0.1, 0.15) is 0 Å². The Balaban J connectivity index is 1.57. The van der Waals surface area contributed by atoms with Crippen LogP contribution in [0.15, 0.2) is 59.2 Å². The maximum Gasteiger partial charge on any atom is 0.363 e. The molecule has 0 N–H and O–H groups in total. The summed E-state index contributed by atoms with van der Waals surface area (Å²) in [6.07, 6.45) is 3.20. The van der Waals surface area contributed by atoms with Gasteiger partial charge in [0.05, 0.1) is 0 Å². The highest BCUT2D eigenvalue weighted by atomic mass is 16.6. The van der Waals surface area contributed by atoms with Crippen LogP contribution in [0.25, 0.3) is 6.08 Å². The Morgan fingerprint density at radius 2 is 1.77 bits per heavy atom. The van der Waals surface area contributed by atoms with Crippen molar-refractivity contribution in [2.45, 2.75) is 19.8 Å². The van der Waals surface area contributed by atoms with Gasteiger partial charge in [0.15, 0.2) is 5.70 Å². The zero-order valence-electron chi connectivity index (χ0n) is 14.4. The van der Waals surface area contributed by atoms with Gasteiger partial charge < -0.3 is 9.64 Å². The van der Waals surface area contributed by atoms with Gasteiger partial charge in [-0.05, 0) is 49.2 Å². The van der Waals surface area contributed by atoms with Gasteiger partial charge in [-0.25, -0.2) is 9.79 Å². The summed E-state index contributed by atoms with van der Waals surface area (Å²) in [6.45, 7) is 2.76. The monoisotopic (exact) mass is 346 g/mol. The largest absolute Gasteiger partial charge is 0.402 e. The lowest BCUT2D eigenvalue weighted by Crippen LogP contribution is -2.23. The Labute approximate surface area is 151 Å². The van der Waals surface area contributed by atoms with E-state index in [1.807, 2.05) is 55.5 Å². The van der Waals surface area contributed by atoms with Crippen molar-refractivity contribution in [3.63, 3.8) is 0 Å². The molecule has 0 atom stereocenters. The van der Waals surface area contributed by atoms with Crippen LogP contribution in [0.2, 0.25) is 0 Å². The number of amides is 1. The maximum absolute atomic E-state index is 12.1. The second-order valence-electron chi connectivity index (χ2n) is 6.44. The van der Waals surface area contributed by atoms with Crippen LogP contribution in [0.1, 0.15) is 29.5 Å². The highest BCUT2D eigenvalue weighted by molar-refractivity contribution is 6.13. The summed E-state index contributed by atoms with van der Waals surface area (Å²) in [7, 11) is 0. The highest BCUT2D eigenvalue weighted by Gasteiger charge is 2.25. The van der Waals surface area contributed by atoms with Gasteiger partial charge in [-0.1, -0.05) is 29.8 Å². The molecule has 2 aromatic rings. The number of esters is 1. The second kappa shape index (κ2) is 6.59. The van der Waals surface area contributed by atoms with Crippen LogP contribution >= 0.6 is 0 Å². The number of cyclic esters (lactones) is 1. The van der Waals surface area contributed by atoms with Crippen LogP contribution < -0.4 is 4.90 Å². The van der Waals surface area contributed by atoms with E-state index in [1.165, 1.54) is 0 Å². The van der Waals surface area contributed by atoms with Gasteiger partial charge in [0.25, 0.3) is 0 Å². The Hall–Kier alpha value is -3.21. The number of aliphatic imine (C=N–C) groups is 1. The van der Waals surface area contributed by atoms with Gasteiger partial charge >= 0.3 is 5.97 Å². The molecular formula is C21H18N2O3. The molecule has 0 spiro atoms. The molecule has 5 nitrogen and oxygen atoms in total. The van der Waals surface area contributed by atoms with E-state index in [4.69, 9.17) is 4.74 Å². The van der Waals surface area contributed by atoms with E-state index in [9.17, 15) is 9.59 Å². The number of nitrogens with zero attached hydrogens (tertiary/aromatic N) is 2. The lowest BCUT2D eigenvalue weighted by molar-refractivity contribution is -0.130. The van der Waals surface area contributed by atoms with Crippen LogP contribution in [0.4, 0.5) is 5.69 Å². The van der Waals surface area contributed by atoms with Crippen molar-refractivity contribution in [2.75, 3.05) is 11.4 Å². The summed E-state index contributed by atoms with van der Waals surface area (Å²) in [5.41, 5.74) is 3.90. The van der Waals surface area contributed by atoms with Crippen LogP contribution in [0, 0.1) is 6.92 Å². The maximum atomic E-state index is 12.1. The number of ether oxygens (including phenoxy) is 1. The third-order valence-corrected chi connectivity index (χ3v) is 4.50. The summed E-state index contributed by atoms with van der Waals surface area (Å²) in [5, 5.41) is 0. The van der Waals surface area contributed by atoms with Crippen molar-refractivity contribution in [3.8, 4) is 0 Å². The van der Waals surface area contributed by atoms with Gasteiger partial charge in [-0.15, -0.1) is 0 Å². The van der Waals surface area contributed by atoms with Crippen LogP contribution in [0.3, 0.4) is 0 Å². The number of benzene rings is 2. The average molecular weight is 346 g/mol. The van der Waals surface area contributed by atoms with Gasteiger partial charge in [-0.2, -0.15) is 0 Å². The lowest BCUT2D eigenvalue weighted by atomic mass is 10.1. The van der Waals surface area contributed by atoms with Crippen molar-refractivity contribution in [2.24, 2.45) is 4.99 Å². The van der Waals surface area contributed by atoms with E-state index in [-0.39, 0.29) is 17.5 Å². The molecule has 0 aromatic heterocycles. The molecule has 2 aliphatic heterocycles. The van der Waals surface area contributed by atoms with Crippen molar-refractivity contribution < 1.29 is 14.3 Å². The normalized spacial score (nSPS) is 18.4. The zero-order valence-corrected chi connectivity index (χ0v) is 14.4. The second-order valence-corrected chi connectivity index (χ2v) is 6.44. The topological polar surface area (TPSA) is 59.0 Å². The fourth-order valence-corrected chi connectivity index (χ4v) is 3.06. The van der Waals surface area contributed by atoms with E-state index >= 15 is 0 Å². The van der Waals surface area contributed by atoms with Gasteiger partial charge in [0, 0.05) is 24.2 Å². The molecular weight excluding hydrogens is 328 g/mol. The molecule has 1 fully saturated rings. The quantitative estimate of drug-likeness (QED) is 0.632. The predicted octanol–water partition coefficient (Wildman–Crippen LogP) is 3.47. The minimum Gasteiger partial charge on any atom is -0.402 e. The first-order valence-electron chi connectivity index (χ1n) is 8.60. The molecule has 0 bridgehead atoms. The fourth-order valence-electron chi connectivity index (χ4n) is 3.06. The molecule has 1 amide bonds. The van der Waals surface area contributed by atoms with Crippen LogP contribution in [-0.2, 0) is 14.3 Å². The predicted molar refractivity (Wildman–Crippen MR) is 99.8 cm³/mol. The number of carbonyl (C=O) groups excluding carboxylic acids is 2. The molecule has 0 saturated carbocycles. The summed E-state index contributed by atoms with van der Waals surface area (Å²) in [6, 6.07) is 15.2. The molecule has 2 aromatic carbocycles. The Bertz CT molecular complexity index is 925. The standard InChI is InChI=1S/C21H18N2O3/c1-14-4-6-15(7-5-14)13-18-21(25)26-20(22-18)16-8-10-17(11-9-16)23-12-2-3-19(23)24/h4-11,13H,2-3,12H2,1H3/b18-13-. The van der Waals surface area contributed by atoms with Crippen molar-refractivity contribution in [1.82, 2.24) is 0 Å². The molecule has 4 rings (SSSR count). The third-order valence-electron chi connectivity index (χ3n) is 4.50. The number of rotatable bonds is 3. The van der Waals surface area contributed by atoms with E-state index < -0.39 is 5.97 Å². The smallest absolute Gasteiger partial charge is 0.363 e. The van der Waals surface area contributed by atoms with Crippen molar-refractivity contribution >= 4 is 29.5 Å². The van der Waals surface area contributed by atoms with Gasteiger partial charge in [0.2, 0.25) is 11.8 Å². The first-order chi connectivity index (χ1) is 12.6. The minimum atomic E-state index is -0.459. The van der Waals surface area contributed by atoms with Gasteiger partial charge in [-0.3, -0.25) is 4.79 Å². The minimum absolute atomic E-state index is 0.144. The van der Waals surface area contributed by atoms with Crippen molar-refractivity contribution in [1.29, 1.82) is 0 Å². The number of aryl methyl sites for hydroxylation is 1. The molecule has 26 heavy (non-hydrogen) atoms. The molecule has 2 aliphatic rings. The molecule has 2 heterocycles.